The predicted molar refractivity (Wildman–Crippen MR) is 63.0 cm³/mol. The van der Waals surface area contributed by atoms with E-state index in [1.807, 2.05) is 18.2 Å². The Bertz CT molecular complexity index is 436. The standard InChI is InChI=1S/C13H17NO2/c1-13(2)8-16-11-6-5-9(7-10(11)13)12(15)14(3)4/h5-7H,8H2,1-4H3. The van der Waals surface area contributed by atoms with E-state index in [9.17, 15) is 4.79 Å². The van der Waals surface area contributed by atoms with Crippen molar-refractivity contribution in [2.24, 2.45) is 0 Å². The highest BCUT2D eigenvalue weighted by molar-refractivity contribution is 5.94. The summed E-state index contributed by atoms with van der Waals surface area (Å²) in [5.41, 5.74) is 1.85. The van der Waals surface area contributed by atoms with Gasteiger partial charge in [0.15, 0.2) is 0 Å². The summed E-state index contributed by atoms with van der Waals surface area (Å²) >= 11 is 0. The fraction of sp³-hybridized carbons (Fsp3) is 0.462. The predicted octanol–water partition coefficient (Wildman–Crippen LogP) is 2.06. The Kier molecular flexibility index (Phi) is 2.41. The second-order valence-corrected chi connectivity index (χ2v) is 5.08. The second-order valence-electron chi connectivity index (χ2n) is 5.08. The van der Waals surface area contributed by atoms with E-state index >= 15 is 0 Å². The van der Waals surface area contributed by atoms with E-state index in [1.165, 1.54) is 0 Å². The normalized spacial score (nSPS) is 16.5. The molecular weight excluding hydrogens is 202 g/mol. The monoisotopic (exact) mass is 219 g/mol. The first-order chi connectivity index (χ1) is 7.42. The van der Waals surface area contributed by atoms with Crippen LogP contribution < -0.4 is 4.74 Å². The van der Waals surface area contributed by atoms with Gasteiger partial charge in [0.2, 0.25) is 0 Å². The van der Waals surface area contributed by atoms with E-state index in [-0.39, 0.29) is 11.3 Å². The quantitative estimate of drug-likeness (QED) is 0.723. The molecule has 0 saturated carbocycles. The average molecular weight is 219 g/mol. The fourth-order valence-electron chi connectivity index (χ4n) is 1.91. The molecule has 0 aliphatic carbocycles. The molecule has 0 atom stereocenters. The molecule has 0 aromatic heterocycles. The van der Waals surface area contributed by atoms with E-state index in [1.54, 1.807) is 19.0 Å². The van der Waals surface area contributed by atoms with Gasteiger partial charge in [-0.3, -0.25) is 4.79 Å². The molecule has 0 fully saturated rings. The molecule has 1 aromatic carbocycles. The summed E-state index contributed by atoms with van der Waals surface area (Å²) < 4.78 is 5.58. The summed E-state index contributed by atoms with van der Waals surface area (Å²) in [4.78, 5) is 13.4. The molecule has 0 saturated heterocycles. The van der Waals surface area contributed by atoms with Crippen LogP contribution in [0.3, 0.4) is 0 Å². The Hall–Kier alpha value is -1.51. The maximum atomic E-state index is 11.8. The van der Waals surface area contributed by atoms with Gasteiger partial charge < -0.3 is 9.64 Å². The van der Waals surface area contributed by atoms with E-state index in [0.29, 0.717) is 6.61 Å². The Morgan fingerprint density at radius 3 is 2.69 bits per heavy atom. The molecule has 16 heavy (non-hydrogen) atoms. The molecule has 1 aliphatic heterocycles. The third-order valence-corrected chi connectivity index (χ3v) is 2.95. The van der Waals surface area contributed by atoms with Crippen molar-refractivity contribution in [3.63, 3.8) is 0 Å². The molecule has 0 bridgehead atoms. The highest BCUT2D eigenvalue weighted by atomic mass is 16.5. The summed E-state index contributed by atoms with van der Waals surface area (Å²) in [7, 11) is 3.52. The lowest BCUT2D eigenvalue weighted by Gasteiger charge is -2.16. The summed E-state index contributed by atoms with van der Waals surface area (Å²) in [6.45, 7) is 4.94. The van der Waals surface area contributed by atoms with Crippen LogP contribution in [0.15, 0.2) is 18.2 Å². The van der Waals surface area contributed by atoms with Gasteiger partial charge in [-0.1, -0.05) is 13.8 Å². The third kappa shape index (κ3) is 1.66. The number of benzene rings is 1. The average Bonchev–Trinajstić information content (AvgIpc) is 2.53. The van der Waals surface area contributed by atoms with Crippen LogP contribution in [0.25, 0.3) is 0 Å². The number of carbonyl (C=O) groups excluding carboxylic acids is 1. The van der Waals surface area contributed by atoms with Gasteiger partial charge in [0, 0.05) is 30.6 Å². The molecule has 0 N–H and O–H groups in total. The van der Waals surface area contributed by atoms with Crippen LogP contribution >= 0.6 is 0 Å². The topological polar surface area (TPSA) is 29.5 Å². The molecule has 1 aromatic rings. The highest BCUT2D eigenvalue weighted by Crippen LogP contribution is 2.38. The molecule has 86 valence electrons. The van der Waals surface area contributed by atoms with Crippen molar-refractivity contribution in [1.29, 1.82) is 0 Å². The fourth-order valence-corrected chi connectivity index (χ4v) is 1.91. The molecule has 3 heteroatoms. The van der Waals surface area contributed by atoms with Crippen molar-refractivity contribution in [2.75, 3.05) is 20.7 Å². The van der Waals surface area contributed by atoms with Crippen LogP contribution in [-0.2, 0) is 5.41 Å². The van der Waals surface area contributed by atoms with Crippen molar-refractivity contribution in [3.05, 3.63) is 29.3 Å². The van der Waals surface area contributed by atoms with Crippen LogP contribution in [0.2, 0.25) is 0 Å². The summed E-state index contributed by atoms with van der Waals surface area (Å²) in [6.07, 6.45) is 0. The number of carbonyl (C=O) groups is 1. The first-order valence-electron chi connectivity index (χ1n) is 5.41. The molecule has 2 rings (SSSR count). The Morgan fingerprint density at radius 2 is 2.06 bits per heavy atom. The zero-order valence-electron chi connectivity index (χ0n) is 10.2. The smallest absolute Gasteiger partial charge is 0.253 e. The first kappa shape index (κ1) is 11.0. The second kappa shape index (κ2) is 3.51. The van der Waals surface area contributed by atoms with Gasteiger partial charge in [-0.05, 0) is 18.2 Å². The van der Waals surface area contributed by atoms with Crippen molar-refractivity contribution in [3.8, 4) is 5.75 Å². The van der Waals surface area contributed by atoms with Crippen molar-refractivity contribution >= 4 is 5.91 Å². The van der Waals surface area contributed by atoms with Gasteiger partial charge in [-0.15, -0.1) is 0 Å². The summed E-state index contributed by atoms with van der Waals surface area (Å²) in [5, 5.41) is 0. The van der Waals surface area contributed by atoms with Gasteiger partial charge in [0.05, 0.1) is 6.61 Å². The maximum absolute atomic E-state index is 11.8. The molecule has 3 nitrogen and oxygen atoms in total. The van der Waals surface area contributed by atoms with Crippen LogP contribution in [0.1, 0.15) is 29.8 Å². The van der Waals surface area contributed by atoms with E-state index < -0.39 is 0 Å². The van der Waals surface area contributed by atoms with Crippen molar-refractivity contribution in [2.45, 2.75) is 19.3 Å². The van der Waals surface area contributed by atoms with Crippen LogP contribution in [0.4, 0.5) is 0 Å². The Morgan fingerprint density at radius 1 is 1.38 bits per heavy atom. The number of hydrogen-bond donors (Lipinski definition) is 0. The SMILES string of the molecule is CN(C)C(=O)c1ccc2c(c1)C(C)(C)CO2. The van der Waals surface area contributed by atoms with Crippen LogP contribution in [0, 0.1) is 0 Å². The molecule has 0 unspecified atom stereocenters. The largest absolute Gasteiger partial charge is 0.492 e. The highest BCUT2D eigenvalue weighted by Gasteiger charge is 2.32. The zero-order chi connectivity index (χ0) is 11.9. The molecule has 0 spiro atoms. The number of rotatable bonds is 1. The maximum Gasteiger partial charge on any atom is 0.253 e. The zero-order valence-corrected chi connectivity index (χ0v) is 10.2. The minimum absolute atomic E-state index is 0.00205. The number of amides is 1. The van der Waals surface area contributed by atoms with Crippen molar-refractivity contribution in [1.82, 2.24) is 4.90 Å². The van der Waals surface area contributed by atoms with Crippen LogP contribution in [0.5, 0.6) is 5.75 Å². The minimum atomic E-state index is -0.00205. The lowest BCUT2D eigenvalue weighted by molar-refractivity contribution is 0.0827. The number of hydrogen-bond acceptors (Lipinski definition) is 2. The van der Waals surface area contributed by atoms with Gasteiger partial charge in [-0.25, -0.2) is 0 Å². The molecule has 0 radical (unpaired) electrons. The van der Waals surface area contributed by atoms with E-state index in [4.69, 9.17) is 4.74 Å². The van der Waals surface area contributed by atoms with Gasteiger partial charge in [-0.2, -0.15) is 0 Å². The molecule has 1 amide bonds. The van der Waals surface area contributed by atoms with Gasteiger partial charge in [0.25, 0.3) is 5.91 Å². The molecular formula is C13H17NO2. The number of nitrogens with zero attached hydrogens (tertiary/aromatic N) is 1. The summed E-state index contributed by atoms with van der Waals surface area (Å²) in [5.74, 6) is 0.936. The number of fused-ring (bicyclic) bond motifs is 1. The third-order valence-electron chi connectivity index (χ3n) is 2.95. The van der Waals surface area contributed by atoms with Crippen LogP contribution in [-0.4, -0.2) is 31.5 Å². The Balaban J connectivity index is 2.44. The van der Waals surface area contributed by atoms with Gasteiger partial charge >= 0.3 is 0 Å². The van der Waals surface area contributed by atoms with Crippen molar-refractivity contribution < 1.29 is 9.53 Å². The first-order valence-corrected chi connectivity index (χ1v) is 5.41. The lowest BCUT2D eigenvalue weighted by Crippen LogP contribution is -2.23. The van der Waals surface area contributed by atoms with Gasteiger partial charge in [0.1, 0.15) is 5.75 Å². The van der Waals surface area contributed by atoms with E-state index in [2.05, 4.69) is 13.8 Å². The minimum Gasteiger partial charge on any atom is -0.492 e. The molecule has 1 aliphatic rings. The lowest BCUT2D eigenvalue weighted by atomic mass is 9.86. The number of ether oxygens (including phenoxy) is 1. The molecule has 1 heterocycles. The Labute approximate surface area is 96.0 Å². The summed E-state index contributed by atoms with van der Waals surface area (Å²) in [6, 6.07) is 5.66. The van der Waals surface area contributed by atoms with E-state index in [0.717, 1.165) is 16.9 Å².